The van der Waals surface area contributed by atoms with E-state index in [2.05, 4.69) is 10.1 Å². The molecule has 0 saturated carbocycles. The van der Waals surface area contributed by atoms with Crippen LogP contribution in [0.2, 0.25) is 0 Å². The third kappa shape index (κ3) is 9.25. The lowest BCUT2D eigenvalue weighted by molar-refractivity contribution is -0.274. The van der Waals surface area contributed by atoms with Crippen LogP contribution in [0.15, 0.2) is 66.7 Å². The number of halogens is 3. The molecule has 0 aromatic heterocycles. The van der Waals surface area contributed by atoms with Gasteiger partial charge in [-0.25, -0.2) is 0 Å². The molecular formula is C30H32F3NO4. The molecule has 1 N–H and O–H groups in total. The number of rotatable bonds is 9. The van der Waals surface area contributed by atoms with Crippen molar-refractivity contribution in [3.63, 3.8) is 0 Å². The minimum Gasteiger partial charge on any atom is -0.460 e. The number of aryl methyl sites for hydroxylation is 3. The lowest BCUT2D eigenvalue weighted by Crippen LogP contribution is -2.29. The van der Waals surface area contributed by atoms with Crippen molar-refractivity contribution < 1.29 is 32.2 Å². The molecule has 3 aromatic carbocycles. The molecule has 0 heterocycles. The molecular weight excluding hydrogens is 495 g/mol. The van der Waals surface area contributed by atoms with Crippen molar-refractivity contribution >= 4 is 11.9 Å². The zero-order chi connectivity index (χ0) is 27.9. The molecule has 5 nitrogen and oxygen atoms in total. The summed E-state index contributed by atoms with van der Waals surface area (Å²) in [6.45, 7) is 7.60. The van der Waals surface area contributed by atoms with Crippen molar-refractivity contribution in [3.8, 4) is 16.9 Å². The minimum absolute atomic E-state index is 0.102. The average Bonchev–Trinajstić information content (AvgIpc) is 2.82. The number of hydrogen-bond donors (Lipinski definition) is 1. The molecule has 0 aliphatic rings. The molecule has 202 valence electrons. The van der Waals surface area contributed by atoms with Gasteiger partial charge in [-0.2, -0.15) is 0 Å². The van der Waals surface area contributed by atoms with Crippen molar-refractivity contribution in [1.29, 1.82) is 0 Å². The van der Waals surface area contributed by atoms with E-state index in [9.17, 15) is 22.8 Å². The zero-order valence-electron chi connectivity index (χ0n) is 21.9. The summed E-state index contributed by atoms with van der Waals surface area (Å²) in [6, 6.07) is 19.1. The third-order valence-electron chi connectivity index (χ3n) is 5.70. The van der Waals surface area contributed by atoms with Crippen LogP contribution in [0.5, 0.6) is 5.75 Å². The average molecular weight is 528 g/mol. The van der Waals surface area contributed by atoms with Gasteiger partial charge in [0, 0.05) is 12.1 Å². The molecule has 8 heteroatoms. The molecule has 0 radical (unpaired) electrons. The molecule has 0 spiro atoms. The zero-order valence-corrected chi connectivity index (χ0v) is 21.9. The number of nitrogens with one attached hydrogen (secondary N) is 1. The van der Waals surface area contributed by atoms with E-state index >= 15 is 0 Å². The van der Waals surface area contributed by atoms with E-state index in [0.717, 1.165) is 40.7 Å². The van der Waals surface area contributed by atoms with Gasteiger partial charge < -0.3 is 14.8 Å². The quantitative estimate of drug-likeness (QED) is 0.311. The van der Waals surface area contributed by atoms with Crippen molar-refractivity contribution in [1.82, 2.24) is 5.32 Å². The highest BCUT2D eigenvalue weighted by molar-refractivity contribution is 5.94. The standard InChI is InChI=1S/C30H32F3NO4/c1-20-5-9-25(22-13-15-26(16-14-22)37-30(31,32)33)19-24(20)12-8-21-6-10-23(11-7-21)28(36)34-18-17-27(35)38-29(2,3)4/h5-7,9-11,13-16,19H,8,12,17-18H2,1-4H3,(H,34,36). The van der Waals surface area contributed by atoms with Crippen molar-refractivity contribution in [2.24, 2.45) is 0 Å². The second-order valence-corrected chi connectivity index (χ2v) is 10.0. The van der Waals surface area contributed by atoms with Gasteiger partial charge in [0.05, 0.1) is 6.42 Å². The Morgan fingerprint density at radius 2 is 1.47 bits per heavy atom. The Labute approximate surface area is 221 Å². The summed E-state index contributed by atoms with van der Waals surface area (Å²) >= 11 is 0. The largest absolute Gasteiger partial charge is 0.573 e. The maximum absolute atomic E-state index is 12.4. The summed E-state index contributed by atoms with van der Waals surface area (Å²) in [6.07, 6.45) is -3.10. The number of benzene rings is 3. The number of carbonyl (C=O) groups excluding carboxylic acids is 2. The van der Waals surface area contributed by atoms with Gasteiger partial charge in [-0.15, -0.1) is 13.2 Å². The van der Waals surface area contributed by atoms with E-state index in [1.54, 1.807) is 45.0 Å². The Hall–Kier alpha value is -3.81. The van der Waals surface area contributed by atoms with Gasteiger partial charge in [-0.3, -0.25) is 9.59 Å². The highest BCUT2D eigenvalue weighted by atomic mass is 19.4. The van der Waals surface area contributed by atoms with Gasteiger partial charge in [0.1, 0.15) is 11.4 Å². The first-order valence-electron chi connectivity index (χ1n) is 12.3. The Kier molecular flexibility index (Phi) is 9.20. The number of ether oxygens (including phenoxy) is 2. The second kappa shape index (κ2) is 12.2. The smallest absolute Gasteiger partial charge is 0.460 e. The van der Waals surface area contributed by atoms with Crippen LogP contribution >= 0.6 is 0 Å². The van der Waals surface area contributed by atoms with Crippen molar-refractivity contribution in [3.05, 3.63) is 89.0 Å². The first kappa shape index (κ1) is 28.8. The third-order valence-corrected chi connectivity index (χ3v) is 5.70. The van der Waals surface area contributed by atoms with Gasteiger partial charge >= 0.3 is 12.3 Å². The van der Waals surface area contributed by atoms with Crippen LogP contribution in [-0.2, 0) is 22.4 Å². The Balaban J connectivity index is 1.55. The topological polar surface area (TPSA) is 64.6 Å². The molecule has 0 atom stereocenters. The van der Waals surface area contributed by atoms with Crippen LogP contribution in [0.1, 0.15) is 54.2 Å². The number of hydrogen-bond acceptors (Lipinski definition) is 4. The summed E-state index contributed by atoms with van der Waals surface area (Å²) < 4.78 is 46.4. The van der Waals surface area contributed by atoms with Crippen LogP contribution in [0.4, 0.5) is 13.2 Å². The summed E-state index contributed by atoms with van der Waals surface area (Å²) in [5, 5.41) is 2.73. The van der Waals surface area contributed by atoms with Gasteiger partial charge in [0.15, 0.2) is 0 Å². The predicted molar refractivity (Wildman–Crippen MR) is 140 cm³/mol. The Bertz CT molecular complexity index is 1240. The highest BCUT2D eigenvalue weighted by Gasteiger charge is 2.31. The molecule has 0 aliphatic heterocycles. The van der Waals surface area contributed by atoms with Crippen molar-refractivity contribution in [2.75, 3.05) is 6.54 Å². The van der Waals surface area contributed by atoms with E-state index in [1.165, 1.54) is 12.1 Å². The number of carbonyl (C=O) groups is 2. The minimum atomic E-state index is -4.72. The summed E-state index contributed by atoms with van der Waals surface area (Å²) in [5.74, 6) is -0.871. The number of alkyl halides is 3. The fraction of sp³-hybridized carbons (Fsp3) is 0.333. The fourth-order valence-electron chi connectivity index (χ4n) is 3.84. The molecule has 0 unspecified atom stereocenters. The Morgan fingerprint density at radius 3 is 2.08 bits per heavy atom. The molecule has 3 aromatic rings. The predicted octanol–water partition coefficient (Wildman–Crippen LogP) is 6.81. The van der Waals surface area contributed by atoms with Gasteiger partial charge in [-0.1, -0.05) is 42.5 Å². The second-order valence-electron chi connectivity index (χ2n) is 10.0. The van der Waals surface area contributed by atoms with Crippen LogP contribution < -0.4 is 10.1 Å². The number of amides is 1. The molecule has 0 aliphatic carbocycles. The normalized spacial score (nSPS) is 11.7. The van der Waals surface area contributed by atoms with E-state index in [1.807, 2.05) is 37.3 Å². The summed E-state index contributed by atoms with van der Waals surface area (Å²) in [4.78, 5) is 24.2. The maximum Gasteiger partial charge on any atom is 0.573 e. The van der Waals surface area contributed by atoms with Gasteiger partial charge in [-0.05, 0) is 92.6 Å². The van der Waals surface area contributed by atoms with Crippen LogP contribution in [-0.4, -0.2) is 30.4 Å². The summed E-state index contributed by atoms with van der Waals surface area (Å²) in [7, 11) is 0. The van der Waals surface area contributed by atoms with Crippen LogP contribution in [0.25, 0.3) is 11.1 Å². The van der Waals surface area contributed by atoms with E-state index in [-0.39, 0.29) is 30.6 Å². The Morgan fingerprint density at radius 1 is 0.842 bits per heavy atom. The highest BCUT2D eigenvalue weighted by Crippen LogP contribution is 2.28. The maximum atomic E-state index is 12.4. The lowest BCUT2D eigenvalue weighted by Gasteiger charge is -2.19. The molecule has 0 saturated heterocycles. The van der Waals surface area contributed by atoms with E-state index < -0.39 is 12.0 Å². The van der Waals surface area contributed by atoms with E-state index in [0.29, 0.717) is 5.56 Å². The fourth-order valence-corrected chi connectivity index (χ4v) is 3.84. The van der Waals surface area contributed by atoms with Gasteiger partial charge in [0.2, 0.25) is 0 Å². The number of esters is 1. The van der Waals surface area contributed by atoms with Crippen LogP contribution in [0, 0.1) is 6.92 Å². The van der Waals surface area contributed by atoms with E-state index in [4.69, 9.17) is 4.74 Å². The SMILES string of the molecule is Cc1ccc(-c2ccc(OC(F)(F)F)cc2)cc1CCc1ccc(C(=O)NCCC(=O)OC(C)(C)C)cc1. The first-order chi connectivity index (χ1) is 17.8. The van der Waals surface area contributed by atoms with Crippen LogP contribution in [0.3, 0.4) is 0 Å². The lowest BCUT2D eigenvalue weighted by atomic mass is 9.95. The van der Waals surface area contributed by atoms with Gasteiger partial charge in [0.25, 0.3) is 5.91 Å². The molecule has 38 heavy (non-hydrogen) atoms. The summed E-state index contributed by atoms with van der Waals surface area (Å²) in [5.41, 5.74) is 4.96. The monoisotopic (exact) mass is 527 g/mol. The molecule has 0 fully saturated rings. The molecule has 3 rings (SSSR count). The molecule has 0 bridgehead atoms. The molecule has 1 amide bonds. The first-order valence-corrected chi connectivity index (χ1v) is 12.3. The van der Waals surface area contributed by atoms with Crippen molar-refractivity contribution in [2.45, 2.75) is 58.9 Å².